The first kappa shape index (κ1) is 14.3. The van der Waals surface area contributed by atoms with Crippen LogP contribution in [0.3, 0.4) is 0 Å². The molecule has 20 heavy (non-hydrogen) atoms. The Balaban J connectivity index is 1.74. The predicted octanol–water partition coefficient (Wildman–Crippen LogP) is 4.31. The van der Waals surface area contributed by atoms with E-state index in [1.165, 1.54) is 38.2 Å². The SMILES string of the molecule is Fc1ccc(Br)cc1NC1CCCCC1C1CCCN1. The van der Waals surface area contributed by atoms with E-state index in [2.05, 4.69) is 26.6 Å². The maximum absolute atomic E-state index is 13.9. The zero-order chi connectivity index (χ0) is 13.9. The molecule has 0 aromatic heterocycles. The molecule has 0 amide bonds. The second-order valence-corrected chi connectivity index (χ2v) is 6.94. The van der Waals surface area contributed by atoms with Gasteiger partial charge in [0.25, 0.3) is 0 Å². The summed E-state index contributed by atoms with van der Waals surface area (Å²) in [6.07, 6.45) is 7.50. The molecule has 110 valence electrons. The van der Waals surface area contributed by atoms with Crippen molar-refractivity contribution in [1.29, 1.82) is 0 Å². The summed E-state index contributed by atoms with van der Waals surface area (Å²) < 4.78 is 14.9. The summed E-state index contributed by atoms with van der Waals surface area (Å²) in [5.41, 5.74) is 0.634. The van der Waals surface area contributed by atoms with Crippen LogP contribution in [0.15, 0.2) is 22.7 Å². The van der Waals surface area contributed by atoms with Gasteiger partial charge >= 0.3 is 0 Å². The van der Waals surface area contributed by atoms with Crippen LogP contribution in [0.4, 0.5) is 10.1 Å². The van der Waals surface area contributed by atoms with Crippen molar-refractivity contribution in [3.63, 3.8) is 0 Å². The normalized spacial score (nSPS) is 30.4. The quantitative estimate of drug-likeness (QED) is 0.856. The number of nitrogens with one attached hydrogen (secondary N) is 2. The van der Waals surface area contributed by atoms with E-state index in [4.69, 9.17) is 0 Å². The van der Waals surface area contributed by atoms with Gasteiger partial charge in [-0.25, -0.2) is 4.39 Å². The summed E-state index contributed by atoms with van der Waals surface area (Å²) >= 11 is 3.42. The van der Waals surface area contributed by atoms with Gasteiger partial charge in [0.1, 0.15) is 5.82 Å². The van der Waals surface area contributed by atoms with Gasteiger partial charge in [0.15, 0.2) is 0 Å². The number of anilines is 1. The highest BCUT2D eigenvalue weighted by Gasteiger charge is 2.33. The molecular formula is C16H22BrFN2. The van der Waals surface area contributed by atoms with Crippen molar-refractivity contribution in [3.8, 4) is 0 Å². The van der Waals surface area contributed by atoms with Crippen LogP contribution in [0.1, 0.15) is 38.5 Å². The van der Waals surface area contributed by atoms with E-state index in [0.717, 1.165) is 17.4 Å². The largest absolute Gasteiger partial charge is 0.380 e. The lowest BCUT2D eigenvalue weighted by Crippen LogP contribution is -2.43. The van der Waals surface area contributed by atoms with Crippen molar-refractivity contribution >= 4 is 21.6 Å². The van der Waals surface area contributed by atoms with Gasteiger partial charge in [0, 0.05) is 16.6 Å². The van der Waals surface area contributed by atoms with Crippen molar-refractivity contribution in [1.82, 2.24) is 5.32 Å². The summed E-state index contributed by atoms with van der Waals surface area (Å²) in [6, 6.07) is 6.13. The standard InChI is InChI=1S/C16H22BrFN2/c17-11-7-8-13(18)16(10-11)20-15-5-2-1-4-12(15)14-6-3-9-19-14/h7-8,10,12,14-15,19-20H,1-6,9H2. The van der Waals surface area contributed by atoms with Crippen LogP contribution in [0, 0.1) is 11.7 Å². The van der Waals surface area contributed by atoms with Crippen LogP contribution in [0.25, 0.3) is 0 Å². The summed E-state index contributed by atoms with van der Waals surface area (Å²) in [6.45, 7) is 1.14. The van der Waals surface area contributed by atoms with Crippen molar-refractivity contribution in [2.45, 2.75) is 50.6 Å². The second-order valence-electron chi connectivity index (χ2n) is 6.03. The molecule has 1 aromatic carbocycles. The fraction of sp³-hybridized carbons (Fsp3) is 0.625. The Hall–Kier alpha value is -0.610. The predicted molar refractivity (Wildman–Crippen MR) is 84.5 cm³/mol. The first-order valence-electron chi connectivity index (χ1n) is 7.69. The van der Waals surface area contributed by atoms with Gasteiger partial charge < -0.3 is 10.6 Å². The van der Waals surface area contributed by atoms with E-state index in [1.807, 2.05) is 6.07 Å². The Bertz CT molecular complexity index is 460. The molecule has 2 N–H and O–H groups in total. The van der Waals surface area contributed by atoms with E-state index < -0.39 is 0 Å². The highest BCUT2D eigenvalue weighted by molar-refractivity contribution is 9.10. The number of hydrogen-bond donors (Lipinski definition) is 2. The molecule has 2 nitrogen and oxygen atoms in total. The lowest BCUT2D eigenvalue weighted by molar-refractivity contribution is 0.262. The second kappa shape index (κ2) is 6.44. The molecule has 1 saturated heterocycles. The van der Waals surface area contributed by atoms with Gasteiger partial charge in [0.05, 0.1) is 5.69 Å². The molecule has 1 saturated carbocycles. The molecule has 3 unspecified atom stereocenters. The molecule has 2 fully saturated rings. The molecule has 3 rings (SSSR count). The van der Waals surface area contributed by atoms with Gasteiger partial charge in [-0.3, -0.25) is 0 Å². The van der Waals surface area contributed by atoms with E-state index in [1.54, 1.807) is 6.07 Å². The van der Waals surface area contributed by atoms with Crippen molar-refractivity contribution in [2.75, 3.05) is 11.9 Å². The average molecular weight is 341 g/mol. The molecular weight excluding hydrogens is 319 g/mol. The Morgan fingerprint density at radius 2 is 2.00 bits per heavy atom. The topological polar surface area (TPSA) is 24.1 Å². The molecule has 0 radical (unpaired) electrons. The van der Waals surface area contributed by atoms with Gasteiger partial charge in [-0.15, -0.1) is 0 Å². The van der Waals surface area contributed by atoms with Crippen LogP contribution >= 0.6 is 15.9 Å². The Kier molecular flexibility index (Phi) is 4.61. The monoisotopic (exact) mass is 340 g/mol. The lowest BCUT2D eigenvalue weighted by Gasteiger charge is -2.37. The summed E-state index contributed by atoms with van der Waals surface area (Å²) in [5.74, 6) is 0.474. The Morgan fingerprint density at radius 1 is 1.15 bits per heavy atom. The summed E-state index contributed by atoms with van der Waals surface area (Å²) in [7, 11) is 0. The van der Waals surface area contributed by atoms with E-state index in [0.29, 0.717) is 23.7 Å². The number of hydrogen-bond acceptors (Lipinski definition) is 2. The summed E-state index contributed by atoms with van der Waals surface area (Å²) in [5, 5.41) is 7.10. The Labute approximate surface area is 128 Å². The van der Waals surface area contributed by atoms with Gasteiger partial charge in [-0.05, 0) is 56.3 Å². The van der Waals surface area contributed by atoms with Crippen LogP contribution in [-0.4, -0.2) is 18.6 Å². The highest BCUT2D eigenvalue weighted by Crippen LogP contribution is 2.33. The third-order valence-electron chi connectivity index (χ3n) is 4.70. The van der Waals surface area contributed by atoms with Gasteiger partial charge in [-0.2, -0.15) is 0 Å². The number of rotatable bonds is 3. The van der Waals surface area contributed by atoms with E-state index >= 15 is 0 Å². The minimum absolute atomic E-state index is 0.156. The molecule has 0 spiro atoms. The minimum Gasteiger partial charge on any atom is -0.380 e. The first-order valence-corrected chi connectivity index (χ1v) is 8.48. The number of benzene rings is 1. The third-order valence-corrected chi connectivity index (χ3v) is 5.20. The summed E-state index contributed by atoms with van der Waals surface area (Å²) in [4.78, 5) is 0. The van der Waals surface area contributed by atoms with E-state index in [9.17, 15) is 4.39 Å². The van der Waals surface area contributed by atoms with Gasteiger partial charge in [-0.1, -0.05) is 28.8 Å². The molecule has 0 bridgehead atoms. The van der Waals surface area contributed by atoms with E-state index in [-0.39, 0.29) is 5.82 Å². The maximum atomic E-state index is 13.9. The lowest BCUT2D eigenvalue weighted by atomic mass is 9.79. The van der Waals surface area contributed by atoms with Crippen molar-refractivity contribution < 1.29 is 4.39 Å². The van der Waals surface area contributed by atoms with Crippen LogP contribution in [0.2, 0.25) is 0 Å². The van der Waals surface area contributed by atoms with Gasteiger partial charge in [0.2, 0.25) is 0 Å². The molecule has 1 aromatic rings. The zero-order valence-corrected chi connectivity index (χ0v) is 13.3. The van der Waals surface area contributed by atoms with Crippen LogP contribution < -0.4 is 10.6 Å². The molecule has 1 heterocycles. The minimum atomic E-state index is -0.156. The fourth-order valence-electron chi connectivity index (χ4n) is 3.71. The molecule has 1 aliphatic heterocycles. The highest BCUT2D eigenvalue weighted by atomic mass is 79.9. The van der Waals surface area contributed by atoms with Crippen molar-refractivity contribution in [2.24, 2.45) is 5.92 Å². The molecule has 2 aliphatic rings. The third kappa shape index (κ3) is 3.17. The van der Waals surface area contributed by atoms with Crippen LogP contribution in [-0.2, 0) is 0 Å². The zero-order valence-electron chi connectivity index (χ0n) is 11.7. The average Bonchev–Trinajstić information content (AvgIpc) is 2.97. The first-order chi connectivity index (χ1) is 9.74. The fourth-order valence-corrected chi connectivity index (χ4v) is 4.07. The molecule has 1 aliphatic carbocycles. The Morgan fingerprint density at radius 3 is 2.80 bits per heavy atom. The molecule has 4 heteroatoms. The number of halogens is 2. The molecule has 3 atom stereocenters. The van der Waals surface area contributed by atoms with Crippen molar-refractivity contribution in [3.05, 3.63) is 28.5 Å². The smallest absolute Gasteiger partial charge is 0.146 e. The maximum Gasteiger partial charge on any atom is 0.146 e. The van der Waals surface area contributed by atoms with Crippen LogP contribution in [0.5, 0.6) is 0 Å².